The third-order valence-corrected chi connectivity index (χ3v) is 5.77. The van der Waals surface area contributed by atoms with Crippen LogP contribution in [0, 0.1) is 5.92 Å². The number of nitrogens with one attached hydrogen (secondary N) is 1. The molecule has 1 N–H and O–H groups in total. The molecular weight excluding hydrogens is 355 g/mol. The molecule has 0 spiro atoms. The fraction of sp³-hybridized carbons (Fsp3) is 0.429. The highest BCUT2D eigenvalue weighted by Gasteiger charge is 2.45. The second-order valence-electron chi connectivity index (χ2n) is 7.14. The van der Waals surface area contributed by atoms with Gasteiger partial charge in [-0.05, 0) is 48.6 Å². The molecule has 3 nitrogen and oxygen atoms in total. The Bertz CT molecular complexity index is 850. The van der Waals surface area contributed by atoms with Crippen LogP contribution in [0.4, 0.5) is 13.2 Å². The van der Waals surface area contributed by atoms with E-state index in [2.05, 4.69) is 5.32 Å². The molecule has 2 aromatic carbocycles. The lowest BCUT2D eigenvalue weighted by atomic mass is 9.80. The van der Waals surface area contributed by atoms with Crippen LogP contribution in [0.3, 0.4) is 0 Å². The Hall–Kier alpha value is -2.21. The molecule has 1 saturated heterocycles. The number of benzene rings is 2. The quantitative estimate of drug-likeness (QED) is 0.825. The number of halogens is 3. The van der Waals surface area contributed by atoms with Gasteiger partial charge in [0, 0.05) is 17.5 Å². The van der Waals surface area contributed by atoms with Gasteiger partial charge in [0.2, 0.25) is 0 Å². The number of fused-ring (bicyclic) bond motifs is 3. The van der Waals surface area contributed by atoms with Crippen LogP contribution in [0.1, 0.15) is 47.1 Å². The smallest absolute Gasteiger partial charge is 0.416 e. The molecule has 3 unspecified atom stereocenters. The van der Waals surface area contributed by atoms with Gasteiger partial charge < -0.3 is 14.8 Å². The van der Waals surface area contributed by atoms with Crippen molar-refractivity contribution in [2.75, 3.05) is 20.8 Å². The molecule has 2 aliphatic rings. The molecule has 0 amide bonds. The second kappa shape index (κ2) is 6.75. The number of rotatable bonds is 3. The second-order valence-corrected chi connectivity index (χ2v) is 7.14. The Morgan fingerprint density at radius 2 is 1.89 bits per heavy atom. The zero-order chi connectivity index (χ0) is 19.2. The van der Waals surface area contributed by atoms with Gasteiger partial charge in [0.1, 0.15) is 0 Å². The van der Waals surface area contributed by atoms with Crippen molar-refractivity contribution < 1.29 is 22.6 Å². The lowest BCUT2D eigenvalue weighted by molar-refractivity contribution is -0.137. The van der Waals surface area contributed by atoms with E-state index in [9.17, 15) is 13.2 Å². The summed E-state index contributed by atoms with van der Waals surface area (Å²) in [5, 5.41) is 3.55. The predicted octanol–water partition coefficient (Wildman–Crippen LogP) is 4.91. The minimum atomic E-state index is -4.36. The van der Waals surface area contributed by atoms with E-state index in [1.54, 1.807) is 20.3 Å². The molecule has 0 bridgehead atoms. The van der Waals surface area contributed by atoms with E-state index in [0.29, 0.717) is 17.1 Å². The van der Waals surface area contributed by atoms with Crippen molar-refractivity contribution in [1.82, 2.24) is 5.32 Å². The van der Waals surface area contributed by atoms with Gasteiger partial charge in [-0.3, -0.25) is 0 Å². The van der Waals surface area contributed by atoms with Crippen LogP contribution >= 0.6 is 0 Å². The molecule has 1 aliphatic heterocycles. The summed E-state index contributed by atoms with van der Waals surface area (Å²) in [6.07, 6.45) is -2.40. The highest BCUT2D eigenvalue weighted by atomic mass is 19.4. The van der Waals surface area contributed by atoms with Crippen LogP contribution < -0.4 is 14.8 Å². The molecule has 1 fully saturated rings. The van der Waals surface area contributed by atoms with Crippen LogP contribution in [0.5, 0.6) is 11.5 Å². The molecule has 2 aromatic rings. The fourth-order valence-corrected chi connectivity index (χ4v) is 4.71. The highest BCUT2D eigenvalue weighted by Crippen LogP contribution is 2.56. The maximum absolute atomic E-state index is 13.3. The van der Waals surface area contributed by atoms with Gasteiger partial charge in [-0.1, -0.05) is 24.3 Å². The first-order chi connectivity index (χ1) is 13.0. The zero-order valence-corrected chi connectivity index (χ0v) is 15.3. The number of hydrogen-bond donors (Lipinski definition) is 1. The first-order valence-corrected chi connectivity index (χ1v) is 9.11. The van der Waals surface area contributed by atoms with Crippen LogP contribution in [-0.2, 0) is 6.18 Å². The number of ether oxygens (including phenoxy) is 2. The van der Waals surface area contributed by atoms with E-state index in [4.69, 9.17) is 9.47 Å². The van der Waals surface area contributed by atoms with Crippen molar-refractivity contribution >= 4 is 0 Å². The van der Waals surface area contributed by atoms with Crippen molar-refractivity contribution in [2.24, 2.45) is 5.92 Å². The Balaban J connectivity index is 1.91. The lowest BCUT2D eigenvalue weighted by Crippen LogP contribution is -2.32. The highest BCUT2D eigenvalue weighted by molar-refractivity contribution is 5.59. The molecule has 1 heterocycles. The predicted molar refractivity (Wildman–Crippen MR) is 96.3 cm³/mol. The summed E-state index contributed by atoms with van der Waals surface area (Å²) in [5.41, 5.74) is 2.10. The van der Waals surface area contributed by atoms with E-state index >= 15 is 0 Å². The Labute approximate surface area is 156 Å². The normalized spacial score (nSPS) is 24.3. The average Bonchev–Trinajstić information content (AvgIpc) is 3.01. The third-order valence-electron chi connectivity index (χ3n) is 5.77. The standard InChI is InChI=1S/C21H22F3NO2/c1-26-16-9-8-15-18(20(16)27-2)17(14-7-4-10-25-19(14)15)12-5-3-6-13(11-12)21(22,23)24/h3,5-6,8-9,11,14,17,19,25H,4,7,10H2,1-2H3. The van der Waals surface area contributed by atoms with Gasteiger partial charge in [0.05, 0.1) is 19.8 Å². The van der Waals surface area contributed by atoms with E-state index in [0.717, 1.165) is 36.6 Å². The Kier molecular flexibility index (Phi) is 4.54. The Morgan fingerprint density at radius 3 is 2.59 bits per heavy atom. The van der Waals surface area contributed by atoms with Gasteiger partial charge >= 0.3 is 6.18 Å². The lowest BCUT2D eigenvalue weighted by Gasteiger charge is -2.31. The van der Waals surface area contributed by atoms with Gasteiger partial charge in [0.25, 0.3) is 0 Å². The van der Waals surface area contributed by atoms with Crippen LogP contribution in [-0.4, -0.2) is 20.8 Å². The summed E-state index contributed by atoms with van der Waals surface area (Å²) in [7, 11) is 3.15. The van der Waals surface area contributed by atoms with Gasteiger partial charge in [-0.15, -0.1) is 0 Å². The van der Waals surface area contributed by atoms with E-state index in [1.165, 1.54) is 12.1 Å². The monoisotopic (exact) mass is 377 g/mol. The minimum Gasteiger partial charge on any atom is -0.493 e. The molecule has 4 rings (SSSR count). The molecule has 0 saturated carbocycles. The van der Waals surface area contributed by atoms with E-state index in [-0.39, 0.29) is 17.9 Å². The molecule has 6 heteroatoms. The van der Waals surface area contributed by atoms with Gasteiger partial charge in [-0.25, -0.2) is 0 Å². The van der Waals surface area contributed by atoms with Crippen LogP contribution in [0.2, 0.25) is 0 Å². The summed E-state index contributed by atoms with van der Waals surface area (Å²) < 4.78 is 51.0. The van der Waals surface area contributed by atoms with E-state index in [1.807, 2.05) is 12.1 Å². The molecule has 1 aliphatic carbocycles. The zero-order valence-electron chi connectivity index (χ0n) is 15.3. The fourth-order valence-electron chi connectivity index (χ4n) is 4.71. The Morgan fingerprint density at radius 1 is 1.07 bits per heavy atom. The summed E-state index contributed by atoms with van der Waals surface area (Å²) in [6.45, 7) is 0.907. The number of alkyl halides is 3. The van der Waals surface area contributed by atoms with Gasteiger partial charge in [0.15, 0.2) is 11.5 Å². The summed E-state index contributed by atoms with van der Waals surface area (Å²) in [4.78, 5) is 0. The first kappa shape index (κ1) is 18.2. The van der Waals surface area contributed by atoms with Crippen LogP contribution in [0.25, 0.3) is 0 Å². The maximum Gasteiger partial charge on any atom is 0.416 e. The first-order valence-electron chi connectivity index (χ1n) is 9.11. The maximum atomic E-state index is 13.3. The number of piperidine rings is 1. The van der Waals surface area contributed by atoms with Crippen molar-refractivity contribution in [3.8, 4) is 11.5 Å². The summed E-state index contributed by atoms with van der Waals surface area (Å²) in [6, 6.07) is 9.70. The SMILES string of the molecule is COc1ccc2c(c1OC)C(c1cccc(C(F)(F)F)c1)C1CCCNC21. The molecule has 144 valence electrons. The van der Waals surface area contributed by atoms with Crippen molar-refractivity contribution in [3.63, 3.8) is 0 Å². The summed E-state index contributed by atoms with van der Waals surface area (Å²) in [5.74, 6) is 1.25. The van der Waals surface area contributed by atoms with Gasteiger partial charge in [-0.2, -0.15) is 13.2 Å². The molecule has 0 aromatic heterocycles. The average molecular weight is 377 g/mol. The number of methoxy groups -OCH3 is 2. The number of hydrogen-bond acceptors (Lipinski definition) is 3. The molecule has 27 heavy (non-hydrogen) atoms. The summed E-state index contributed by atoms with van der Waals surface area (Å²) >= 11 is 0. The van der Waals surface area contributed by atoms with Crippen molar-refractivity contribution in [3.05, 3.63) is 58.7 Å². The largest absolute Gasteiger partial charge is 0.493 e. The topological polar surface area (TPSA) is 30.5 Å². The molecule has 0 radical (unpaired) electrons. The minimum absolute atomic E-state index is 0.119. The third kappa shape index (κ3) is 2.96. The van der Waals surface area contributed by atoms with E-state index < -0.39 is 11.7 Å². The molecular formula is C21H22F3NO2. The van der Waals surface area contributed by atoms with Crippen molar-refractivity contribution in [1.29, 1.82) is 0 Å². The molecule has 3 atom stereocenters. The van der Waals surface area contributed by atoms with Crippen LogP contribution in [0.15, 0.2) is 36.4 Å². The van der Waals surface area contributed by atoms with Crippen molar-refractivity contribution in [2.45, 2.75) is 31.0 Å².